The quantitative estimate of drug-likeness (QED) is 0.363. The van der Waals surface area contributed by atoms with Gasteiger partial charge in [0.1, 0.15) is 11.9 Å². The van der Waals surface area contributed by atoms with Gasteiger partial charge in [-0.1, -0.05) is 18.2 Å². The molecule has 1 amide bonds. The number of para-hydroxylation sites is 1. The fourth-order valence-corrected chi connectivity index (χ4v) is 2.19. The van der Waals surface area contributed by atoms with Gasteiger partial charge in [0.15, 0.2) is 0 Å². The highest BCUT2D eigenvalue weighted by Gasteiger charge is 2.14. The number of nitrogens with one attached hydrogen (secondary N) is 1. The number of ether oxygens (including phenoxy) is 4. The van der Waals surface area contributed by atoms with Gasteiger partial charge in [-0.2, -0.15) is 0 Å². The molecule has 0 bridgehead atoms. The van der Waals surface area contributed by atoms with Gasteiger partial charge in [-0.3, -0.25) is 4.79 Å². The van der Waals surface area contributed by atoms with E-state index in [4.69, 9.17) is 18.9 Å². The Balaban J connectivity index is 1.76. The number of esters is 1. The molecule has 2 aromatic carbocycles. The van der Waals surface area contributed by atoms with E-state index < -0.39 is 12.1 Å². The Kier molecular flexibility index (Phi) is 9.14. The van der Waals surface area contributed by atoms with Gasteiger partial charge in [0, 0.05) is 12.8 Å². The Morgan fingerprint density at radius 2 is 1.61 bits per heavy atom. The number of carbonyl (C=O) groups is 2. The first-order valence-corrected chi connectivity index (χ1v) is 8.96. The summed E-state index contributed by atoms with van der Waals surface area (Å²) in [6, 6.07) is 15.3. The van der Waals surface area contributed by atoms with Gasteiger partial charge < -0.3 is 24.3 Å². The van der Waals surface area contributed by atoms with Crippen molar-refractivity contribution in [3.05, 3.63) is 60.2 Å². The van der Waals surface area contributed by atoms with Gasteiger partial charge >= 0.3 is 5.97 Å². The van der Waals surface area contributed by atoms with Crippen LogP contribution in [-0.4, -0.2) is 51.5 Å². The second kappa shape index (κ2) is 11.9. The standard InChI is InChI=1S/C21H25NO6/c1-16(27-15-14-26-13-12-25-2)20(23)22-18-10-8-17(9-11-18)21(24)28-19-6-4-3-5-7-19/h3-11,16H,12-15H2,1-2H3,(H,22,23). The van der Waals surface area contributed by atoms with Gasteiger partial charge in [0.2, 0.25) is 0 Å². The fourth-order valence-electron chi connectivity index (χ4n) is 2.19. The Hall–Kier alpha value is -2.74. The molecule has 0 saturated carbocycles. The van der Waals surface area contributed by atoms with Crippen LogP contribution < -0.4 is 10.1 Å². The van der Waals surface area contributed by atoms with E-state index in [2.05, 4.69) is 5.32 Å². The molecule has 1 unspecified atom stereocenters. The highest BCUT2D eigenvalue weighted by Crippen LogP contribution is 2.14. The number of methoxy groups -OCH3 is 1. The summed E-state index contributed by atoms with van der Waals surface area (Å²) in [5, 5.41) is 2.74. The number of hydrogen-bond acceptors (Lipinski definition) is 6. The van der Waals surface area contributed by atoms with E-state index >= 15 is 0 Å². The van der Waals surface area contributed by atoms with Gasteiger partial charge in [-0.05, 0) is 43.3 Å². The maximum atomic E-state index is 12.2. The zero-order valence-corrected chi connectivity index (χ0v) is 16.1. The van der Waals surface area contributed by atoms with Crippen LogP contribution in [0.1, 0.15) is 17.3 Å². The molecule has 0 fully saturated rings. The van der Waals surface area contributed by atoms with Crippen LogP contribution in [0.15, 0.2) is 54.6 Å². The maximum Gasteiger partial charge on any atom is 0.343 e. The minimum atomic E-state index is -0.631. The number of rotatable bonds is 11. The molecule has 0 saturated heterocycles. The second-order valence-electron chi connectivity index (χ2n) is 5.89. The van der Waals surface area contributed by atoms with Crippen molar-refractivity contribution in [3.8, 4) is 5.75 Å². The predicted octanol–water partition coefficient (Wildman–Crippen LogP) is 2.91. The predicted molar refractivity (Wildman–Crippen MR) is 105 cm³/mol. The Morgan fingerprint density at radius 1 is 0.929 bits per heavy atom. The zero-order chi connectivity index (χ0) is 20.2. The lowest BCUT2D eigenvalue weighted by molar-refractivity contribution is -0.127. The van der Waals surface area contributed by atoms with Gasteiger partial charge in [-0.25, -0.2) is 4.79 Å². The fraction of sp³-hybridized carbons (Fsp3) is 0.333. The summed E-state index contributed by atoms with van der Waals surface area (Å²) in [5.74, 6) is -0.271. The molecule has 7 nitrogen and oxygen atoms in total. The molecule has 0 aromatic heterocycles. The first-order valence-electron chi connectivity index (χ1n) is 8.96. The van der Waals surface area contributed by atoms with Gasteiger partial charge in [0.25, 0.3) is 5.91 Å². The van der Waals surface area contributed by atoms with Crippen molar-refractivity contribution < 1.29 is 28.5 Å². The number of anilines is 1. The van der Waals surface area contributed by atoms with Crippen LogP contribution in [-0.2, 0) is 19.0 Å². The third-order valence-corrected chi connectivity index (χ3v) is 3.74. The topological polar surface area (TPSA) is 83.1 Å². The van der Waals surface area contributed by atoms with E-state index in [0.29, 0.717) is 43.4 Å². The lowest BCUT2D eigenvalue weighted by Crippen LogP contribution is -2.29. The molecule has 0 heterocycles. The summed E-state index contributed by atoms with van der Waals surface area (Å²) in [6.45, 7) is 3.36. The summed E-state index contributed by atoms with van der Waals surface area (Å²) in [6.07, 6.45) is -0.631. The highest BCUT2D eigenvalue weighted by molar-refractivity contribution is 5.95. The molecule has 0 aliphatic heterocycles. The monoisotopic (exact) mass is 387 g/mol. The molecule has 1 atom stereocenters. The summed E-state index contributed by atoms with van der Waals surface area (Å²) in [5.41, 5.74) is 0.951. The molecule has 0 spiro atoms. The van der Waals surface area contributed by atoms with Gasteiger partial charge in [-0.15, -0.1) is 0 Å². The number of benzene rings is 2. The van der Waals surface area contributed by atoms with E-state index in [0.717, 1.165) is 0 Å². The molecule has 0 aliphatic carbocycles. The van der Waals surface area contributed by atoms with E-state index in [1.165, 1.54) is 0 Å². The maximum absolute atomic E-state index is 12.2. The molecular weight excluding hydrogens is 362 g/mol. The van der Waals surface area contributed by atoms with Crippen molar-refractivity contribution in [2.24, 2.45) is 0 Å². The summed E-state index contributed by atoms with van der Waals surface area (Å²) in [4.78, 5) is 24.3. The normalized spacial score (nSPS) is 11.6. The third kappa shape index (κ3) is 7.48. The molecular formula is C21H25NO6. The molecule has 0 radical (unpaired) electrons. The number of carbonyl (C=O) groups excluding carboxylic acids is 2. The minimum absolute atomic E-state index is 0.281. The van der Waals surface area contributed by atoms with Crippen LogP contribution >= 0.6 is 0 Å². The highest BCUT2D eigenvalue weighted by atomic mass is 16.5. The average Bonchev–Trinajstić information content (AvgIpc) is 2.71. The molecule has 7 heteroatoms. The molecule has 28 heavy (non-hydrogen) atoms. The van der Waals surface area contributed by atoms with Crippen molar-refractivity contribution in [3.63, 3.8) is 0 Å². The van der Waals surface area contributed by atoms with Crippen LogP contribution in [0, 0.1) is 0 Å². The third-order valence-electron chi connectivity index (χ3n) is 3.74. The first kappa shape index (κ1) is 21.6. The molecule has 150 valence electrons. The van der Waals surface area contributed by atoms with Crippen molar-refractivity contribution in [1.82, 2.24) is 0 Å². The Morgan fingerprint density at radius 3 is 2.29 bits per heavy atom. The van der Waals surface area contributed by atoms with E-state index in [-0.39, 0.29) is 5.91 Å². The van der Waals surface area contributed by atoms with E-state index in [9.17, 15) is 9.59 Å². The van der Waals surface area contributed by atoms with Crippen LogP contribution in [0.4, 0.5) is 5.69 Å². The van der Waals surface area contributed by atoms with Crippen molar-refractivity contribution in [2.45, 2.75) is 13.0 Å². The number of amides is 1. The summed E-state index contributed by atoms with van der Waals surface area (Å²) >= 11 is 0. The van der Waals surface area contributed by atoms with Crippen LogP contribution in [0.5, 0.6) is 5.75 Å². The van der Waals surface area contributed by atoms with Crippen molar-refractivity contribution >= 4 is 17.6 Å². The van der Waals surface area contributed by atoms with E-state index in [1.54, 1.807) is 62.6 Å². The summed E-state index contributed by atoms with van der Waals surface area (Å²) in [7, 11) is 1.60. The first-order chi connectivity index (χ1) is 13.6. The number of hydrogen-bond donors (Lipinski definition) is 1. The van der Waals surface area contributed by atoms with E-state index in [1.807, 2.05) is 6.07 Å². The molecule has 2 rings (SSSR count). The Bertz CT molecular complexity index is 732. The van der Waals surface area contributed by atoms with Crippen LogP contribution in [0.25, 0.3) is 0 Å². The molecule has 1 N–H and O–H groups in total. The largest absolute Gasteiger partial charge is 0.423 e. The molecule has 0 aliphatic rings. The second-order valence-corrected chi connectivity index (χ2v) is 5.89. The SMILES string of the molecule is COCCOCCOC(C)C(=O)Nc1ccc(C(=O)Oc2ccccc2)cc1. The van der Waals surface area contributed by atoms with Crippen LogP contribution in [0.2, 0.25) is 0 Å². The molecule has 2 aromatic rings. The lowest BCUT2D eigenvalue weighted by atomic mass is 10.2. The van der Waals surface area contributed by atoms with Crippen molar-refractivity contribution in [1.29, 1.82) is 0 Å². The lowest BCUT2D eigenvalue weighted by Gasteiger charge is -2.14. The van der Waals surface area contributed by atoms with Crippen LogP contribution in [0.3, 0.4) is 0 Å². The Labute approximate surface area is 164 Å². The average molecular weight is 387 g/mol. The summed E-state index contributed by atoms with van der Waals surface area (Å²) < 4.78 is 20.8. The smallest absolute Gasteiger partial charge is 0.343 e. The minimum Gasteiger partial charge on any atom is -0.423 e. The zero-order valence-electron chi connectivity index (χ0n) is 16.1. The van der Waals surface area contributed by atoms with Gasteiger partial charge in [0.05, 0.1) is 32.0 Å². The van der Waals surface area contributed by atoms with Crippen molar-refractivity contribution in [2.75, 3.05) is 38.9 Å².